The van der Waals surface area contributed by atoms with E-state index < -0.39 is 0 Å². The number of hydrogen-bond acceptors (Lipinski definition) is 3. The summed E-state index contributed by atoms with van der Waals surface area (Å²) in [6.45, 7) is 0. The molecule has 2 saturated heterocycles. The van der Waals surface area contributed by atoms with Crippen molar-refractivity contribution in [3.05, 3.63) is 35.9 Å². The van der Waals surface area contributed by atoms with Gasteiger partial charge in [-0.25, -0.2) is 0 Å². The number of esters is 1. The van der Waals surface area contributed by atoms with Crippen molar-refractivity contribution in [2.24, 2.45) is 5.92 Å². The lowest BCUT2D eigenvalue weighted by atomic mass is 9.76. The Balaban J connectivity index is 1.96. The molecule has 0 aromatic heterocycles. The van der Waals surface area contributed by atoms with E-state index in [4.69, 9.17) is 4.74 Å². The number of ether oxygens (including phenoxy) is 1. The van der Waals surface area contributed by atoms with Crippen LogP contribution in [0.2, 0.25) is 0 Å². The molecule has 19 heavy (non-hydrogen) atoms. The minimum Gasteiger partial charge on any atom is -0.469 e. The molecule has 4 atom stereocenters. The molecule has 0 saturated carbocycles. The van der Waals surface area contributed by atoms with Gasteiger partial charge in [-0.3, -0.25) is 9.69 Å². The second kappa shape index (κ2) is 4.97. The van der Waals surface area contributed by atoms with Crippen LogP contribution < -0.4 is 0 Å². The van der Waals surface area contributed by atoms with Crippen molar-refractivity contribution >= 4 is 5.97 Å². The van der Waals surface area contributed by atoms with E-state index in [-0.39, 0.29) is 11.9 Å². The highest BCUT2D eigenvalue weighted by molar-refractivity contribution is 5.75. The van der Waals surface area contributed by atoms with Crippen molar-refractivity contribution in [3.63, 3.8) is 0 Å². The van der Waals surface area contributed by atoms with Gasteiger partial charge in [-0.2, -0.15) is 0 Å². The van der Waals surface area contributed by atoms with E-state index in [1.54, 1.807) is 0 Å². The van der Waals surface area contributed by atoms with Gasteiger partial charge in [0.25, 0.3) is 0 Å². The third-order valence-electron chi connectivity index (χ3n) is 4.97. The van der Waals surface area contributed by atoms with Gasteiger partial charge in [0, 0.05) is 18.0 Å². The van der Waals surface area contributed by atoms with Crippen molar-refractivity contribution in [1.82, 2.24) is 4.90 Å². The summed E-state index contributed by atoms with van der Waals surface area (Å²) in [5.74, 6) is 0.240. The molecule has 0 amide bonds. The van der Waals surface area contributed by atoms with E-state index in [0.717, 1.165) is 12.8 Å². The number of benzene rings is 1. The molecule has 2 unspecified atom stereocenters. The van der Waals surface area contributed by atoms with E-state index in [1.165, 1.54) is 19.1 Å². The molecule has 102 valence electrons. The minimum atomic E-state index is -0.0500. The fourth-order valence-electron chi connectivity index (χ4n) is 3.97. The first kappa shape index (κ1) is 12.7. The Kier molecular flexibility index (Phi) is 3.31. The van der Waals surface area contributed by atoms with Crippen LogP contribution in [-0.2, 0) is 9.53 Å². The van der Waals surface area contributed by atoms with Crippen molar-refractivity contribution in [1.29, 1.82) is 0 Å². The van der Waals surface area contributed by atoms with Crippen LogP contribution in [0.3, 0.4) is 0 Å². The van der Waals surface area contributed by atoms with Crippen LogP contribution in [0.5, 0.6) is 0 Å². The van der Waals surface area contributed by atoms with Gasteiger partial charge in [0.05, 0.1) is 13.0 Å². The number of fused-ring (bicyclic) bond motifs is 2. The summed E-state index contributed by atoms with van der Waals surface area (Å²) in [4.78, 5) is 14.6. The van der Waals surface area contributed by atoms with Crippen LogP contribution in [-0.4, -0.2) is 37.1 Å². The second-order valence-corrected chi connectivity index (χ2v) is 5.77. The van der Waals surface area contributed by atoms with E-state index in [0.29, 0.717) is 18.0 Å². The molecule has 1 aromatic carbocycles. The molecule has 3 nitrogen and oxygen atoms in total. The normalized spacial score (nSPS) is 34.2. The third-order valence-corrected chi connectivity index (χ3v) is 4.97. The fourth-order valence-corrected chi connectivity index (χ4v) is 3.97. The summed E-state index contributed by atoms with van der Waals surface area (Å²) in [7, 11) is 3.66. The molecule has 3 rings (SSSR count). The molecule has 1 aromatic rings. The molecular formula is C16H21NO2. The standard InChI is InChI=1S/C16H21NO2/c1-17-12-8-9-14(17)15(16(18)19-2)13(10-12)11-6-4-3-5-7-11/h3-7,12-15H,8-10H2,1-2H3/t12?,13-,14?,15-/m1/s1. The lowest BCUT2D eigenvalue weighted by Crippen LogP contribution is -2.49. The molecular weight excluding hydrogens is 238 g/mol. The predicted octanol–water partition coefficient (Wildman–Crippen LogP) is 2.43. The van der Waals surface area contributed by atoms with Crippen molar-refractivity contribution < 1.29 is 9.53 Å². The molecule has 2 heterocycles. The topological polar surface area (TPSA) is 29.5 Å². The van der Waals surface area contributed by atoms with E-state index in [2.05, 4.69) is 36.2 Å². The highest BCUT2D eigenvalue weighted by Crippen LogP contribution is 2.46. The first-order valence-corrected chi connectivity index (χ1v) is 7.07. The molecule has 2 aliphatic heterocycles. The molecule has 0 aliphatic carbocycles. The average Bonchev–Trinajstić information content (AvgIpc) is 2.70. The van der Waals surface area contributed by atoms with Crippen LogP contribution in [0, 0.1) is 5.92 Å². The van der Waals surface area contributed by atoms with Crippen molar-refractivity contribution in [2.45, 2.75) is 37.3 Å². The van der Waals surface area contributed by atoms with Gasteiger partial charge in [0.1, 0.15) is 0 Å². The number of carbonyl (C=O) groups is 1. The molecule has 0 radical (unpaired) electrons. The molecule has 2 fully saturated rings. The van der Waals surface area contributed by atoms with Gasteiger partial charge in [-0.15, -0.1) is 0 Å². The number of hydrogen-bond donors (Lipinski definition) is 0. The Morgan fingerprint density at radius 1 is 1.26 bits per heavy atom. The number of piperidine rings is 1. The van der Waals surface area contributed by atoms with Gasteiger partial charge < -0.3 is 4.74 Å². The largest absolute Gasteiger partial charge is 0.469 e. The Bertz CT molecular complexity index is 459. The summed E-state index contributed by atoms with van der Waals surface area (Å²) in [5, 5.41) is 0. The van der Waals surface area contributed by atoms with Crippen molar-refractivity contribution in [3.8, 4) is 0 Å². The molecule has 3 heteroatoms. The Morgan fingerprint density at radius 2 is 2.00 bits per heavy atom. The maximum atomic E-state index is 12.2. The SMILES string of the molecule is COC(=O)[C@H]1C2CCC(C[C@@H]1c1ccccc1)N2C. The highest BCUT2D eigenvalue weighted by Gasteiger charge is 2.49. The fraction of sp³-hybridized carbons (Fsp3) is 0.562. The number of carbonyl (C=O) groups excluding carboxylic acids is 1. The molecule has 0 N–H and O–H groups in total. The second-order valence-electron chi connectivity index (χ2n) is 5.77. The van der Waals surface area contributed by atoms with Crippen molar-refractivity contribution in [2.75, 3.05) is 14.2 Å². The Morgan fingerprint density at radius 3 is 2.68 bits per heavy atom. The maximum absolute atomic E-state index is 12.2. The number of rotatable bonds is 2. The van der Waals surface area contributed by atoms with E-state index in [1.807, 2.05) is 6.07 Å². The lowest BCUT2D eigenvalue weighted by Gasteiger charge is -2.41. The van der Waals surface area contributed by atoms with Gasteiger partial charge in [0.2, 0.25) is 0 Å². The van der Waals surface area contributed by atoms with Gasteiger partial charge >= 0.3 is 5.97 Å². The first-order valence-electron chi connectivity index (χ1n) is 7.07. The zero-order valence-electron chi connectivity index (χ0n) is 11.6. The monoisotopic (exact) mass is 259 g/mol. The Labute approximate surface area is 114 Å². The smallest absolute Gasteiger partial charge is 0.310 e. The molecule has 0 spiro atoms. The van der Waals surface area contributed by atoms with Crippen LogP contribution in [0.1, 0.15) is 30.7 Å². The third kappa shape index (κ3) is 2.06. The number of methoxy groups -OCH3 is 1. The molecule has 2 aliphatic rings. The number of nitrogens with zero attached hydrogens (tertiary/aromatic N) is 1. The quantitative estimate of drug-likeness (QED) is 0.764. The zero-order valence-corrected chi connectivity index (χ0v) is 11.6. The maximum Gasteiger partial charge on any atom is 0.310 e. The zero-order chi connectivity index (χ0) is 13.4. The van der Waals surface area contributed by atoms with E-state index >= 15 is 0 Å². The predicted molar refractivity (Wildman–Crippen MR) is 73.9 cm³/mol. The Hall–Kier alpha value is -1.35. The summed E-state index contributed by atoms with van der Waals surface area (Å²) in [6.07, 6.45) is 3.39. The lowest BCUT2D eigenvalue weighted by molar-refractivity contribution is -0.150. The van der Waals surface area contributed by atoms with Crippen LogP contribution in [0.4, 0.5) is 0 Å². The van der Waals surface area contributed by atoms with Crippen LogP contribution in [0.15, 0.2) is 30.3 Å². The highest BCUT2D eigenvalue weighted by atomic mass is 16.5. The average molecular weight is 259 g/mol. The summed E-state index contributed by atoms with van der Waals surface area (Å²) in [6, 6.07) is 11.4. The first-order chi connectivity index (χ1) is 9.22. The van der Waals surface area contributed by atoms with Gasteiger partial charge in [0.15, 0.2) is 0 Å². The summed E-state index contributed by atoms with van der Waals surface area (Å²) >= 11 is 0. The summed E-state index contributed by atoms with van der Waals surface area (Å²) < 4.78 is 5.07. The minimum absolute atomic E-state index is 0.0175. The summed E-state index contributed by atoms with van der Waals surface area (Å²) in [5.41, 5.74) is 1.28. The van der Waals surface area contributed by atoms with Crippen LogP contribution >= 0.6 is 0 Å². The van der Waals surface area contributed by atoms with Crippen LogP contribution in [0.25, 0.3) is 0 Å². The van der Waals surface area contributed by atoms with E-state index in [9.17, 15) is 4.79 Å². The molecule has 2 bridgehead atoms. The van der Waals surface area contributed by atoms with Gasteiger partial charge in [-0.05, 0) is 31.9 Å². The van der Waals surface area contributed by atoms with Gasteiger partial charge in [-0.1, -0.05) is 30.3 Å².